The summed E-state index contributed by atoms with van der Waals surface area (Å²) < 4.78 is 32.2. The van der Waals surface area contributed by atoms with Crippen molar-refractivity contribution < 1.29 is 13.2 Å². The molecule has 1 rings (SSSR count). The van der Waals surface area contributed by atoms with Gasteiger partial charge in [-0.2, -0.15) is 0 Å². The molecule has 4 nitrogen and oxygen atoms in total. The SMILES string of the molecule is COCC(Br)CCNS(=O)(=O)c1ccc(Br)cc1. The standard InChI is InChI=1S/C11H15Br2NO3S/c1-17-8-10(13)6-7-14-18(15,16)11-4-2-9(12)3-5-11/h2-5,10,14H,6-8H2,1H3. The second-order valence-electron chi connectivity index (χ2n) is 3.69. The number of alkyl halides is 1. The largest absolute Gasteiger partial charge is 0.384 e. The third-order valence-electron chi connectivity index (χ3n) is 2.22. The lowest BCUT2D eigenvalue weighted by atomic mass is 10.3. The van der Waals surface area contributed by atoms with Crippen LogP contribution >= 0.6 is 31.9 Å². The van der Waals surface area contributed by atoms with Crippen molar-refractivity contribution in [3.05, 3.63) is 28.7 Å². The van der Waals surface area contributed by atoms with Gasteiger partial charge in [0.1, 0.15) is 0 Å². The Morgan fingerprint density at radius 3 is 2.50 bits per heavy atom. The van der Waals surface area contributed by atoms with E-state index in [0.29, 0.717) is 19.6 Å². The van der Waals surface area contributed by atoms with Crippen molar-refractivity contribution in [2.45, 2.75) is 16.1 Å². The number of rotatable bonds is 7. The minimum atomic E-state index is -3.42. The minimum absolute atomic E-state index is 0.148. The van der Waals surface area contributed by atoms with E-state index in [1.807, 2.05) is 0 Å². The van der Waals surface area contributed by atoms with Crippen LogP contribution in [-0.4, -0.2) is 33.5 Å². The van der Waals surface area contributed by atoms with E-state index in [4.69, 9.17) is 4.74 Å². The second kappa shape index (κ2) is 7.59. The van der Waals surface area contributed by atoms with Gasteiger partial charge in [0.05, 0.1) is 11.5 Å². The second-order valence-corrected chi connectivity index (χ2v) is 7.67. The maximum absolute atomic E-state index is 11.9. The van der Waals surface area contributed by atoms with Crippen LogP contribution in [0.3, 0.4) is 0 Å². The summed E-state index contributed by atoms with van der Waals surface area (Å²) in [5, 5.41) is 0. The van der Waals surface area contributed by atoms with Gasteiger partial charge in [-0.05, 0) is 30.7 Å². The Labute approximate surface area is 124 Å². The average molecular weight is 401 g/mol. The fraction of sp³-hybridized carbons (Fsp3) is 0.455. The topological polar surface area (TPSA) is 55.4 Å². The molecule has 1 N–H and O–H groups in total. The number of hydrogen-bond acceptors (Lipinski definition) is 3. The number of ether oxygens (including phenoxy) is 1. The molecule has 0 saturated carbocycles. The first kappa shape index (κ1) is 16.1. The molecule has 0 fully saturated rings. The van der Waals surface area contributed by atoms with Gasteiger partial charge in [-0.25, -0.2) is 13.1 Å². The predicted molar refractivity (Wildman–Crippen MR) is 78.5 cm³/mol. The quantitative estimate of drug-likeness (QED) is 0.715. The lowest BCUT2D eigenvalue weighted by molar-refractivity contribution is 0.199. The van der Waals surface area contributed by atoms with Crippen molar-refractivity contribution in [3.63, 3.8) is 0 Å². The normalized spacial score (nSPS) is 13.5. The van der Waals surface area contributed by atoms with E-state index >= 15 is 0 Å². The van der Waals surface area contributed by atoms with Gasteiger partial charge in [0, 0.05) is 23.0 Å². The van der Waals surface area contributed by atoms with Gasteiger partial charge in [-0.1, -0.05) is 31.9 Å². The molecule has 0 heterocycles. The van der Waals surface area contributed by atoms with Crippen LogP contribution in [0, 0.1) is 0 Å². The van der Waals surface area contributed by atoms with E-state index in [9.17, 15) is 8.42 Å². The van der Waals surface area contributed by atoms with Gasteiger partial charge in [0.15, 0.2) is 0 Å². The van der Waals surface area contributed by atoms with Crippen LogP contribution in [0.4, 0.5) is 0 Å². The van der Waals surface area contributed by atoms with Crippen LogP contribution in [0.2, 0.25) is 0 Å². The van der Waals surface area contributed by atoms with E-state index in [1.54, 1.807) is 31.4 Å². The average Bonchev–Trinajstić information content (AvgIpc) is 2.29. The molecule has 18 heavy (non-hydrogen) atoms. The van der Waals surface area contributed by atoms with E-state index < -0.39 is 10.0 Å². The molecule has 0 spiro atoms. The molecular weight excluding hydrogens is 386 g/mol. The summed E-state index contributed by atoms with van der Waals surface area (Å²) in [6, 6.07) is 6.53. The molecule has 7 heteroatoms. The summed E-state index contributed by atoms with van der Waals surface area (Å²) in [6.45, 7) is 0.928. The molecule has 0 bridgehead atoms. The van der Waals surface area contributed by atoms with Crippen LogP contribution in [-0.2, 0) is 14.8 Å². The predicted octanol–water partition coefficient (Wildman–Crippen LogP) is 2.53. The van der Waals surface area contributed by atoms with E-state index in [-0.39, 0.29) is 9.72 Å². The number of sulfonamides is 1. The summed E-state index contributed by atoms with van der Waals surface area (Å²) in [5.74, 6) is 0. The molecule has 0 aromatic heterocycles. The van der Waals surface area contributed by atoms with E-state index in [2.05, 4.69) is 36.6 Å². The van der Waals surface area contributed by atoms with Gasteiger partial charge in [0.2, 0.25) is 10.0 Å². The van der Waals surface area contributed by atoms with Crippen LogP contribution in [0.15, 0.2) is 33.6 Å². The molecule has 1 atom stereocenters. The van der Waals surface area contributed by atoms with E-state index in [0.717, 1.165) is 4.47 Å². The first-order valence-corrected chi connectivity index (χ1v) is 8.53. The van der Waals surface area contributed by atoms with Gasteiger partial charge < -0.3 is 4.74 Å². The first-order valence-electron chi connectivity index (χ1n) is 5.34. The molecule has 1 aromatic rings. The molecule has 102 valence electrons. The minimum Gasteiger partial charge on any atom is -0.384 e. The van der Waals surface area contributed by atoms with Crippen molar-refractivity contribution in [1.29, 1.82) is 0 Å². The smallest absolute Gasteiger partial charge is 0.240 e. The maximum Gasteiger partial charge on any atom is 0.240 e. The molecular formula is C11H15Br2NO3S. The van der Waals surface area contributed by atoms with Gasteiger partial charge in [-0.15, -0.1) is 0 Å². The summed E-state index contributed by atoms with van der Waals surface area (Å²) in [6.07, 6.45) is 0.670. The van der Waals surface area contributed by atoms with Gasteiger partial charge in [-0.3, -0.25) is 0 Å². The van der Waals surface area contributed by atoms with Crippen molar-refractivity contribution in [2.24, 2.45) is 0 Å². The Morgan fingerprint density at radius 1 is 1.33 bits per heavy atom. The van der Waals surface area contributed by atoms with Crippen molar-refractivity contribution in [3.8, 4) is 0 Å². The highest BCUT2D eigenvalue weighted by Crippen LogP contribution is 2.14. The highest BCUT2D eigenvalue weighted by Gasteiger charge is 2.13. The van der Waals surface area contributed by atoms with Gasteiger partial charge >= 0.3 is 0 Å². The Hall–Kier alpha value is 0.0500. The molecule has 1 unspecified atom stereocenters. The molecule has 0 amide bonds. The summed E-state index contributed by atoms with van der Waals surface area (Å²) >= 11 is 6.67. The van der Waals surface area contributed by atoms with Crippen LogP contribution in [0.1, 0.15) is 6.42 Å². The first-order chi connectivity index (χ1) is 8.45. The third-order valence-corrected chi connectivity index (χ3v) is 4.95. The Morgan fingerprint density at radius 2 is 1.94 bits per heavy atom. The highest BCUT2D eigenvalue weighted by atomic mass is 79.9. The molecule has 0 aliphatic carbocycles. The molecule has 0 radical (unpaired) electrons. The molecule has 1 aromatic carbocycles. The maximum atomic E-state index is 11.9. The zero-order valence-corrected chi connectivity index (χ0v) is 13.9. The van der Waals surface area contributed by atoms with Crippen molar-refractivity contribution in [2.75, 3.05) is 20.3 Å². The lowest BCUT2D eigenvalue weighted by Crippen LogP contribution is -2.27. The molecule has 0 saturated heterocycles. The summed E-state index contributed by atoms with van der Waals surface area (Å²) in [5.41, 5.74) is 0. The van der Waals surface area contributed by atoms with Gasteiger partial charge in [0.25, 0.3) is 0 Å². The summed E-state index contributed by atoms with van der Waals surface area (Å²) in [4.78, 5) is 0.415. The number of nitrogens with one attached hydrogen (secondary N) is 1. The highest BCUT2D eigenvalue weighted by molar-refractivity contribution is 9.10. The Bertz CT molecular complexity index is 462. The lowest BCUT2D eigenvalue weighted by Gasteiger charge is -2.10. The number of halogens is 2. The molecule has 0 aliphatic rings. The van der Waals surface area contributed by atoms with Crippen LogP contribution in [0.25, 0.3) is 0 Å². The Kier molecular flexibility index (Phi) is 6.79. The zero-order chi connectivity index (χ0) is 13.6. The van der Waals surface area contributed by atoms with Crippen molar-refractivity contribution in [1.82, 2.24) is 4.72 Å². The van der Waals surface area contributed by atoms with Crippen LogP contribution in [0.5, 0.6) is 0 Å². The third kappa shape index (κ3) is 5.36. The molecule has 0 aliphatic heterocycles. The monoisotopic (exact) mass is 399 g/mol. The summed E-state index contributed by atoms with van der Waals surface area (Å²) in [7, 11) is -1.81. The zero-order valence-electron chi connectivity index (χ0n) is 9.90. The number of methoxy groups -OCH3 is 1. The fourth-order valence-corrected chi connectivity index (χ4v) is 3.12. The van der Waals surface area contributed by atoms with Crippen LogP contribution < -0.4 is 4.72 Å². The Balaban J connectivity index is 2.52. The number of hydrogen-bond donors (Lipinski definition) is 1. The fourth-order valence-electron chi connectivity index (χ4n) is 1.31. The van der Waals surface area contributed by atoms with E-state index in [1.165, 1.54) is 0 Å². The number of benzene rings is 1. The van der Waals surface area contributed by atoms with Crippen molar-refractivity contribution >= 4 is 41.9 Å².